The number of anilines is 3. The minimum Gasteiger partial charge on any atom is -0.465 e. The molecule has 0 aliphatic heterocycles. The Morgan fingerprint density at radius 2 is 1.76 bits per heavy atom. The van der Waals surface area contributed by atoms with Gasteiger partial charge in [-0.3, -0.25) is 4.79 Å². The highest BCUT2D eigenvalue weighted by atomic mass is 16.5. The van der Waals surface area contributed by atoms with E-state index in [9.17, 15) is 9.59 Å². The summed E-state index contributed by atoms with van der Waals surface area (Å²) in [6.07, 6.45) is 1.50. The van der Waals surface area contributed by atoms with Gasteiger partial charge in [0, 0.05) is 17.6 Å². The van der Waals surface area contributed by atoms with Gasteiger partial charge in [0.1, 0.15) is 5.69 Å². The third-order valence-corrected chi connectivity index (χ3v) is 4.26. The van der Waals surface area contributed by atoms with Gasteiger partial charge in [0.05, 0.1) is 12.7 Å². The lowest BCUT2D eigenvalue weighted by atomic mass is 10.0. The molecule has 0 saturated heterocycles. The molecule has 0 unspecified atom stereocenters. The van der Waals surface area contributed by atoms with Crippen LogP contribution in [0.5, 0.6) is 0 Å². The lowest BCUT2D eigenvalue weighted by Crippen LogP contribution is -2.14. The van der Waals surface area contributed by atoms with Gasteiger partial charge in [-0.2, -0.15) is 0 Å². The first-order valence-corrected chi connectivity index (χ1v) is 9.16. The number of rotatable bonds is 6. The van der Waals surface area contributed by atoms with Crippen molar-refractivity contribution in [1.82, 2.24) is 9.97 Å². The van der Waals surface area contributed by atoms with Crippen molar-refractivity contribution in [3.63, 3.8) is 0 Å². The Hall–Kier alpha value is -3.74. The van der Waals surface area contributed by atoms with E-state index in [0.29, 0.717) is 22.9 Å². The monoisotopic (exact) mass is 390 g/mol. The molecule has 7 heteroatoms. The molecule has 0 bridgehead atoms. The lowest BCUT2D eigenvalue weighted by molar-refractivity contribution is 0.0600. The number of hydrogen-bond donors (Lipinski definition) is 2. The fourth-order valence-corrected chi connectivity index (χ4v) is 2.66. The summed E-state index contributed by atoms with van der Waals surface area (Å²) in [6, 6.07) is 16.0. The van der Waals surface area contributed by atoms with Crippen LogP contribution in [-0.4, -0.2) is 29.0 Å². The van der Waals surface area contributed by atoms with Gasteiger partial charge in [0.25, 0.3) is 5.91 Å². The molecule has 1 heterocycles. The van der Waals surface area contributed by atoms with Gasteiger partial charge in [0.15, 0.2) is 0 Å². The summed E-state index contributed by atoms with van der Waals surface area (Å²) in [7, 11) is 1.32. The van der Waals surface area contributed by atoms with Crippen molar-refractivity contribution in [2.24, 2.45) is 0 Å². The molecule has 0 aliphatic carbocycles. The average molecular weight is 390 g/mol. The summed E-state index contributed by atoms with van der Waals surface area (Å²) >= 11 is 0. The Morgan fingerprint density at radius 1 is 1.00 bits per heavy atom. The molecule has 0 fully saturated rings. The summed E-state index contributed by atoms with van der Waals surface area (Å²) in [5, 5.41) is 5.82. The van der Waals surface area contributed by atoms with E-state index in [4.69, 9.17) is 4.74 Å². The van der Waals surface area contributed by atoms with Crippen LogP contribution in [0, 0.1) is 0 Å². The minimum atomic E-state index is -0.439. The van der Waals surface area contributed by atoms with Crippen molar-refractivity contribution in [1.29, 1.82) is 0 Å². The molecule has 148 valence electrons. The normalized spacial score (nSPS) is 10.5. The van der Waals surface area contributed by atoms with Gasteiger partial charge < -0.3 is 15.4 Å². The molecule has 1 aromatic heterocycles. The Balaban J connectivity index is 1.72. The number of carbonyl (C=O) groups excluding carboxylic acids is 2. The molecule has 0 atom stereocenters. The molecule has 2 aromatic carbocycles. The maximum Gasteiger partial charge on any atom is 0.337 e. The van der Waals surface area contributed by atoms with Gasteiger partial charge in [-0.15, -0.1) is 0 Å². The summed E-state index contributed by atoms with van der Waals surface area (Å²) in [5.74, 6) is -0.106. The largest absolute Gasteiger partial charge is 0.465 e. The second kappa shape index (κ2) is 8.97. The van der Waals surface area contributed by atoms with Crippen LogP contribution in [-0.2, 0) is 4.74 Å². The van der Waals surface area contributed by atoms with Crippen LogP contribution in [0.4, 0.5) is 17.3 Å². The highest BCUT2D eigenvalue weighted by Crippen LogP contribution is 2.18. The van der Waals surface area contributed by atoms with Gasteiger partial charge in [-0.25, -0.2) is 14.8 Å². The topological polar surface area (TPSA) is 93.2 Å². The zero-order valence-corrected chi connectivity index (χ0v) is 16.5. The second-order valence-electron chi connectivity index (χ2n) is 6.69. The smallest absolute Gasteiger partial charge is 0.337 e. The molecule has 0 radical (unpaired) electrons. The number of amides is 1. The Morgan fingerprint density at radius 3 is 2.45 bits per heavy atom. The van der Waals surface area contributed by atoms with E-state index in [1.54, 1.807) is 24.3 Å². The standard InChI is InChI=1S/C22H22N4O3/c1-14(2)15-7-9-17(10-8-15)24-20(27)19-11-12-23-22(26-19)25-18-6-4-5-16(13-18)21(28)29-3/h4-14H,1-3H3,(H,24,27)(H,23,25,26). The van der Waals surface area contributed by atoms with E-state index in [0.717, 1.165) is 0 Å². The van der Waals surface area contributed by atoms with Crippen LogP contribution in [0.2, 0.25) is 0 Å². The molecule has 1 amide bonds. The van der Waals surface area contributed by atoms with Crippen LogP contribution in [0.1, 0.15) is 46.2 Å². The number of nitrogens with zero attached hydrogens (tertiary/aromatic N) is 2. The van der Waals surface area contributed by atoms with Crippen molar-refractivity contribution in [3.05, 3.63) is 77.6 Å². The van der Waals surface area contributed by atoms with E-state index < -0.39 is 5.97 Å². The fourth-order valence-electron chi connectivity index (χ4n) is 2.66. The number of ether oxygens (including phenoxy) is 1. The van der Waals surface area contributed by atoms with Crippen LogP contribution in [0.15, 0.2) is 60.8 Å². The number of esters is 1. The number of methoxy groups -OCH3 is 1. The zero-order chi connectivity index (χ0) is 20.8. The van der Waals surface area contributed by atoms with Crippen molar-refractivity contribution in [3.8, 4) is 0 Å². The molecule has 29 heavy (non-hydrogen) atoms. The molecule has 7 nitrogen and oxygen atoms in total. The van der Waals surface area contributed by atoms with Crippen molar-refractivity contribution >= 4 is 29.2 Å². The molecule has 0 saturated carbocycles. The lowest BCUT2D eigenvalue weighted by Gasteiger charge is -2.09. The number of carbonyl (C=O) groups is 2. The SMILES string of the molecule is COC(=O)c1cccc(Nc2nccc(C(=O)Nc3ccc(C(C)C)cc3)n2)c1. The van der Waals surface area contributed by atoms with Crippen molar-refractivity contribution in [2.45, 2.75) is 19.8 Å². The van der Waals surface area contributed by atoms with E-state index in [-0.39, 0.29) is 17.5 Å². The van der Waals surface area contributed by atoms with E-state index in [1.807, 2.05) is 24.3 Å². The summed E-state index contributed by atoms with van der Waals surface area (Å²) < 4.78 is 4.72. The molecule has 0 aliphatic rings. The zero-order valence-electron chi connectivity index (χ0n) is 16.5. The first kappa shape index (κ1) is 20.0. The van der Waals surface area contributed by atoms with Gasteiger partial charge in [0.2, 0.25) is 5.95 Å². The number of aromatic nitrogens is 2. The molecule has 2 N–H and O–H groups in total. The quantitative estimate of drug-likeness (QED) is 0.607. The number of hydrogen-bond acceptors (Lipinski definition) is 6. The summed E-state index contributed by atoms with van der Waals surface area (Å²) in [4.78, 5) is 32.6. The first-order chi connectivity index (χ1) is 14.0. The second-order valence-corrected chi connectivity index (χ2v) is 6.69. The van der Waals surface area contributed by atoms with Crippen LogP contribution in [0.3, 0.4) is 0 Å². The molecular formula is C22H22N4O3. The fraction of sp³-hybridized carbons (Fsp3) is 0.182. The number of benzene rings is 2. The third kappa shape index (κ3) is 5.16. The maximum atomic E-state index is 12.5. The average Bonchev–Trinajstić information content (AvgIpc) is 2.74. The molecule has 3 aromatic rings. The van der Waals surface area contributed by atoms with Crippen LogP contribution in [0.25, 0.3) is 0 Å². The number of nitrogens with one attached hydrogen (secondary N) is 2. The van der Waals surface area contributed by atoms with Gasteiger partial charge in [-0.1, -0.05) is 32.0 Å². The van der Waals surface area contributed by atoms with Crippen LogP contribution >= 0.6 is 0 Å². The van der Waals surface area contributed by atoms with E-state index >= 15 is 0 Å². The maximum absolute atomic E-state index is 12.5. The molecule has 0 spiro atoms. The van der Waals surface area contributed by atoms with Crippen molar-refractivity contribution in [2.75, 3.05) is 17.7 Å². The van der Waals surface area contributed by atoms with Crippen LogP contribution < -0.4 is 10.6 Å². The van der Waals surface area contributed by atoms with Gasteiger partial charge in [-0.05, 0) is 47.9 Å². The molecular weight excluding hydrogens is 368 g/mol. The summed E-state index contributed by atoms with van der Waals surface area (Å²) in [6.45, 7) is 4.23. The predicted octanol–water partition coefficient (Wildman–Crippen LogP) is 4.38. The Kier molecular flexibility index (Phi) is 6.19. The van der Waals surface area contributed by atoms with E-state index in [2.05, 4.69) is 34.4 Å². The Labute approximate surface area is 169 Å². The third-order valence-electron chi connectivity index (χ3n) is 4.26. The van der Waals surface area contributed by atoms with Gasteiger partial charge >= 0.3 is 5.97 Å². The summed E-state index contributed by atoms with van der Waals surface area (Å²) in [5.41, 5.74) is 3.12. The van der Waals surface area contributed by atoms with Crippen molar-refractivity contribution < 1.29 is 14.3 Å². The van der Waals surface area contributed by atoms with E-state index in [1.165, 1.54) is 24.9 Å². The molecule has 3 rings (SSSR count). The predicted molar refractivity (Wildman–Crippen MR) is 112 cm³/mol. The highest BCUT2D eigenvalue weighted by Gasteiger charge is 2.11. The Bertz CT molecular complexity index is 1020. The highest BCUT2D eigenvalue weighted by molar-refractivity contribution is 6.03. The minimum absolute atomic E-state index is 0.222. The first-order valence-electron chi connectivity index (χ1n) is 9.16.